The van der Waals surface area contributed by atoms with Crippen LogP contribution < -0.4 is 10.2 Å². The molecule has 1 saturated heterocycles. The first-order valence-electron chi connectivity index (χ1n) is 8.34. The van der Waals surface area contributed by atoms with Crippen molar-refractivity contribution in [3.8, 4) is 0 Å². The minimum Gasteiger partial charge on any atom is -0.379 e. The van der Waals surface area contributed by atoms with Gasteiger partial charge in [0, 0.05) is 32.1 Å². The molecule has 1 aromatic rings. The van der Waals surface area contributed by atoms with Gasteiger partial charge < -0.3 is 20.2 Å². The molecule has 1 fully saturated rings. The Morgan fingerprint density at radius 1 is 1.31 bits per heavy atom. The van der Waals surface area contributed by atoms with Crippen LogP contribution in [0, 0.1) is 0 Å². The van der Waals surface area contributed by atoms with Crippen LogP contribution in [0.2, 0.25) is 0 Å². The van der Waals surface area contributed by atoms with Gasteiger partial charge in [-0.05, 0) is 31.0 Å². The summed E-state index contributed by atoms with van der Waals surface area (Å²) in [5, 5.41) is 12.6. The summed E-state index contributed by atoms with van der Waals surface area (Å²) in [4.78, 5) is 27.3. The summed E-state index contributed by atoms with van der Waals surface area (Å²) in [6, 6.07) is 4.66. The highest BCUT2D eigenvalue weighted by Gasteiger charge is 2.55. The van der Waals surface area contributed by atoms with Crippen molar-refractivity contribution < 1.29 is 27.9 Å². The monoisotopic (exact) mass is 371 g/mol. The third-order valence-corrected chi connectivity index (χ3v) is 4.89. The molecule has 1 aromatic carbocycles. The molecule has 3 rings (SSSR count). The van der Waals surface area contributed by atoms with E-state index >= 15 is 0 Å². The highest BCUT2D eigenvalue weighted by atomic mass is 19.4. The highest BCUT2D eigenvalue weighted by molar-refractivity contribution is 6.01. The lowest BCUT2D eigenvalue weighted by atomic mass is 9.91. The van der Waals surface area contributed by atoms with Crippen molar-refractivity contribution in [3.63, 3.8) is 0 Å². The average Bonchev–Trinajstić information content (AvgIpc) is 2.71. The van der Waals surface area contributed by atoms with Gasteiger partial charge in [0.15, 0.2) is 5.60 Å². The first kappa shape index (κ1) is 18.5. The van der Waals surface area contributed by atoms with Crippen molar-refractivity contribution >= 4 is 23.2 Å². The van der Waals surface area contributed by atoms with Crippen molar-refractivity contribution in [1.29, 1.82) is 0 Å². The Morgan fingerprint density at radius 3 is 2.73 bits per heavy atom. The molecule has 0 spiro atoms. The largest absolute Gasteiger partial charge is 0.418 e. The van der Waals surface area contributed by atoms with Crippen molar-refractivity contribution in [2.24, 2.45) is 0 Å². The Kier molecular flexibility index (Phi) is 4.60. The number of hydrogen-bond acceptors (Lipinski definition) is 4. The average molecular weight is 371 g/mol. The molecule has 2 aliphatic rings. The number of anilines is 2. The van der Waals surface area contributed by atoms with E-state index < -0.39 is 30.7 Å². The van der Waals surface area contributed by atoms with Crippen LogP contribution in [-0.4, -0.2) is 60.3 Å². The number of alkyl halides is 3. The van der Waals surface area contributed by atoms with Gasteiger partial charge in [-0.25, -0.2) is 0 Å². The Bertz CT molecular complexity index is 738. The van der Waals surface area contributed by atoms with Gasteiger partial charge in [-0.3, -0.25) is 9.59 Å². The minimum absolute atomic E-state index is 0.0617. The van der Waals surface area contributed by atoms with Gasteiger partial charge in [-0.2, -0.15) is 13.2 Å². The molecule has 26 heavy (non-hydrogen) atoms. The van der Waals surface area contributed by atoms with E-state index in [1.54, 1.807) is 6.07 Å². The molecule has 0 bridgehead atoms. The fraction of sp³-hybridized carbons (Fsp3) is 0.529. The fourth-order valence-corrected chi connectivity index (χ4v) is 3.33. The highest BCUT2D eigenvalue weighted by Crippen LogP contribution is 2.38. The van der Waals surface area contributed by atoms with E-state index in [0.29, 0.717) is 18.7 Å². The van der Waals surface area contributed by atoms with E-state index in [0.717, 1.165) is 10.6 Å². The van der Waals surface area contributed by atoms with Gasteiger partial charge in [-0.15, -0.1) is 0 Å². The molecule has 2 amide bonds. The van der Waals surface area contributed by atoms with E-state index in [1.165, 1.54) is 12.1 Å². The summed E-state index contributed by atoms with van der Waals surface area (Å²) in [7, 11) is 1.81. The number of benzene rings is 1. The molecule has 0 aromatic heterocycles. The first-order valence-corrected chi connectivity index (χ1v) is 8.34. The summed E-state index contributed by atoms with van der Waals surface area (Å²) in [6.45, 7) is -0.129. The van der Waals surface area contributed by atoms with E-state index in [-0.39, 0.29) is 24.4 Å². The number of halogens is 3. The molecule has 142 valence electrons. The summed E-state index contributed by atoms with van der Waals surface area (Å²) >= 11 is 0. The zero-order valence-electron chi connectivity index (χ0n) is 14.3. The van der Waals surface area contributed by atoms with Crippen LogP contribution in [0.1, 0.15) is 29.6 Å². The van der Waals surface area contributed by atoms with Gasteiger partial charge in [0.25, 0.3) is 5.91 Å². The summed E-state index contributed by atoms with van der Waals surface area (Å²) in [5.41, 5.74) is -1.53. The minimum atomic E-state index is -4.80. The van der Waals surface area contributed by atoms with Crippen LogP contribution in [0.15, 0.2) is 18.2 Å². The van der Waals surface area contributed by atoms with Crippen molar-refractivity contribution in [2.45, 2.75) is 31.0 Å². The van der Waals surface area contributed by atoms with E-state index in [4.69, 9.17) is 0 Å². The number of piperidine rings is 1. The molecule has 2 aliphatic heterocycles. The second-order valence-electron chi connectivity index (χ2n) is 6.81. The topological polar surface area (TPSA) is 72.9 Å². The molecule has 2 heterocycles. The number of nitrogens with zero attached hydrogens (tertiary/aromatic N) is 2. The maximum atomic E-state index is 13.1. The van der Waals surface area contributed by atoms with E-state index in [9.17, 15) is 27.9 Å². The number of rotatable bonds is 1. The quantitative estimate of drug-likeness (QED) is 0.792. The second kappa shape index (κ2) is 6.46. The van der Waals surface area contributed by atoms with Crippen molar-refractivity contribution in [1.82, 2.24) is 4.90 Å². The molecule has 0 radical (unpaired) electrons. The van der Waals surface area contributed by atoms with Crippen LogP contribution in [0.25, 0.3) is 0 Å². The number of carbonyl (C=O) groups is 2. The molecule has 2 N–H and O–H groups in total. The molecule has 0 saturated carbocycles. The lowest BCUT2D eigenvalue weighted by Crippen LogP contribution is -2.58. The van der Waals surface area contributed by atoms with Crippen LogP contribution in [-0.2, 0) is 4.79 Å². The smallest absolute Gasteiger partial charge is 0.379 e. The van der Waals surface area contributed by atoms with Gasteiger partial charge in [0.1, 0.15) is 0 Å². The Morgan fingerprint density at radius 2 is 2.04 bits per heavy atom. The number of hydrogen-bond donors (Lipinski definition) is 2. The van der Waals surface area contributed by atoms with Crippen molar-refractivity contribution in [2.75, 3.05) is 36.9 Å². The van der Waals surface area contributed by atoms with Crippen molar-refractivity contribution in [3.05, 3.63) is 23.8 Å². The van der Waals surface area contributed by atoms with Gasteiger partial charge in [-0.1, -0.05) is 0 Å². The molecular formula is C17H20F3N3O3. The van der Waals surface area contributed by atoms with E-state index in [1.807, 2.05) is 11.9 Å². The number of β-amino-alcohol motifs (C(OH)–C–C–N with tert-alkyl or cyclic N) is 1. The number of likely N-dealkylation sites (tertiary alicyclic amines) is 1. The lowest BCUT2D eigenvalue weighted by Gasteiger charge is -2.40. The van der Waals surface area contributed by atoms with Crippen LogP contribution in [0.3, 0.4) is 0 Å². The third kappa shape index (κ3) is 3.35. The first-order chi connectivity index (χ1) is 12.1. The SMILES string of the molecule is CN1CCC(=O)Nc2cc(C(=O)N3CCCC(O)(C(F)(F)F)C3)ccc21. The normalized spacial score (nSPS) is 24.0. The zero-order chi connectivity index (χ0) is 19.1. The number of carbonyl (C=O) groups excluding carboxylic acids is 2. The van der Waals surface area contributed by atoms with Crippen LogP contribution >= 0.6 is 0 Å². The van der Waals surface area contributed by atoms with Gasteiger partial charge >= 0.3 is 6.18 Å². The predicted molar refractivity (Wildman–Crippen MR) is 89.1 cm³/mol. The van der Waals surface area contributed by atoms with Crippen LogP contribution in [0.5, 0.6) is 0 Å². The predicted octanol–water partition coefficient (Wildman–Crippen LogP) is 1.99. The number of amides is 2. The van der Waals surface area contributed by atoms with E-state index in [2.05, 4.69) is 5.32 Å². The summed E-state index contributed by atoms with van der Waals surface area (Å²) in [6.07, 6.45) is -4.85. The second-order valence-corrected chi connectivity index (χ2v) is 6.81. The Balaban J connectivity index is 1.85. The molecule has 1 unspecified atom stereocenters. The Hall–Kier alpha value is -2.29. The number of nitrogens with one attached hydrogen (secondary N) is 1. The number of aliphatic hydroxyl groups is 1. The fourth-order valence-electron chi connectivity index (χ4n) is 3.33. The standard InChI is InChI=1S/C17H20F3N3O3/c1-22-8-5-14(24)21-12-9-11(3-4-13(12)22)15(25)23-7-2-6-16(26,10-23)17(18,19)20/h3-4,9,26H,2,5-8,10H2,1H3,(H,21,24). The maximum absolute atomic E-state index is 13.1. The molecule has 1 atom stereocenters. The lowest BCUT2D eigenvalue weighted by molar-refractivity contribution is -0.271. The molecule has 0 aliphatic carbocycles. The van der Waals surface area contributed by atoms with Gasteiger partial charge in [0.2, 0.25) is 5.91 Å². The summed E-state index contributed by atoms with van der Waals surface area (Å²) < 4.78 is 39.2. The number of fused-ring (bicyclic) bond motifs is 1. The molecule has 9 heteroatoms. The molecular weight excluding hydrogens is 351 g/mol. The third-order valence-electron chi connectivity index (χ3n) is 4.89. The van der Waals surface area contributed by atoms with Gasteiger partial charge in [0.05, 0.1) is 17.9 Å². The van der Waals surface area contributed by atoms with Crippen LogP contribution in [0.4, 0.5) is 24.5 Å². The maximum Gasteiger partial charge on any atom is 0.418 e. The molecule has 6 nitrogen and oxygen atoms in total. The zero-order valence-corrected chi connectivity index (χ0v) is 14.3. The Labute approximate surface area is 148 Å². The summed E-state index contributed by atoms with van der Waals surface area (Å²) in [5.74, 6) is -0.791.